The lowest BCUT2D eigenvalue weighted by atomic mass is 10.1. The number of rotatable bonds is 7. The van der Waals surface area contributed by atoms with Crippen molar-refractivity contribution in [2.45, 2.75) is 18.9 Å². The molecule has 2 aromatic carbocycles. The van der Waals surface area contributed by atoms with Crippen LogP contribution in [0.5, 0.6) is 17.2 Å². The Morgan fingerprint density at radius 1 is 1.18 bits per heavy atom. The Kier molecular flexibility index (Phi) is 6.26. The molecule has 0 aromatic heterocycles. The monoisotopic (exact) mass is 404 g/mol. The number of methoxy groups -OCH3 is 2. The Bertz CT molecular complexity index is 887. The number of ether oxygens (including phenoxy) is 3. The molecule has 148 valence electrons. The van der Waals surface area contributed by atoms with Crippen molar-refractivity contribution in [3.05, 3.63) is 47.0 Å². The van der Waals surface area contributed by atoms with Gasteiger partial charge in [0.15, 0.2) is 17.6 Å². The van der Waals surface area contributed by atoms with E-state index < -0.39 is 6.10 Å². The molecular formula is C20H21ClN2O5. The number of anilines is 1. The summed E-state index contributed by atoms with van der Waals surface area (Å²) in [6.07, 6.45) is -0.333. The summed E-state index contributed by atoms with van der Waals surface area (Å²) < 4.78 is 16.1. The maximum absolute atomic E-state index is 12.2. The molecule has 7 nitrogen and oxygen atoms in total. The molecule has 8 heteroatoms. The number of hydrogen-bond donors (Lipinski definition) is 2. The molecule has 28 heavy (non-hydrogen) atoms. The smallest absolute Gasteiger partial charge is 0.266 e. The van der Waals surface area contributed by atoms with E-state index in [-0.39, 0.29) is 18.2 Å². The molecule has 0 radical (unpaired) electrons. The highest BCUT2D eigenvalue weighted by Crippen LogP contribution is 2.32. The topological polar surface area (TPSA) is 85.9 Å². The molecule has 1 heterocycles. The van der Waals surface area contributed by atoms with E-state index in [1.807, 2.05) is 18.2 Å². The molecular weight excluding hydrogens is 384 g/mol. The van der Waals surface area contributed by atoms with E-state index in [9.17, 15) is 9.59 Å². The third kappa shape index (κ3) is 4.67. The van der Waals surface area contributed by atoms with Crippen molar-refractivity contribution >= 4 is 29.1 Å². The predicted octanol–water partition coefficient (Wildman–Crippen LogP) is 2.81. The van der Waals surface area contributed by atoms with E-state index >= 15 is 0 Å². The molecule has 1 aliphatic rings. The van der Waals surface area contributed by atoms with Gasteiger partial charge in [-0.1, -0.05) is 17.7 Å². The SMILES string of the molecule is COc1ccc(CCNC(=O)C[C@H]2Oc3ccc(Cl)cc3NC2=O)cc1OC. The third-order valence-electron chi connectivity index (χ3n) is 4.32. The first-order chi connectivity index (χ1) is 13.5. The summed E-state index contributed by atoms with van der Waals surface area (Å²) in [6, 6.07) is 10.5. The van der Waals surface area contributed by atoms with Gasteiger partial charge < -0.3 is 24.8 Å². The van der Waals surface area contributed by atoms with Crippen LogP contribution in [-0.2, 0) is 16.0 Å². The molecule has 0 unspecified atom stereocenters. The standard InChI is InChI=1S/C20H21ClN2O5/c1-26-16-5-3-12(9-17(16)27-2)7-8-22-19(24)11-18-20(25)23-14-10-13(21)4-6-15(14)28-18/h3-6,9-10,18H,7-8,11H2,1-2H3,(H,22,24)(H,23,25)/t18-/m1/s1. The number of hydrogen-bond acceptors (Lipinski definition) is 5. The highest BCUT2D eigenvalue weighted by atomic mass is 35.5. The van der Waals surface area contributed by atoms with Crippen LogP contribution in [0, 0.1) is 0 Å². The van der Waals surface area contributed by atoms with Gasteiger partial charge in [0.25, 0.3) is 5.91 Å². The number of fused-ring (bicyclic) bond motifs is 1. The van der Waals surface area contributed by atoms with Gasteiger partial charge >= 0.3 is 0 Å². The molecule has 2 N–H and O–H groups in total. The van der Waals surface area contributed by atoms with E-state index in [1.165, 1.54) is 0 Å². The van der Waals surface area contributed by atoms with Crippen LogP contribution in [0.3, 0.4) is 0 Å². The van der Waals surface area contributed by atoms with Crippen molar-refractivity contribution in [3.8, 4) is 17.2 Å². The first-order valence-corrected chi connectivity index (χ1v) is 9.12. The van der Waals surface area contributed by atoms with E-state index in [0.717, 1.165) is 5.56 Å². The number of carbonyl (C=O) groups is 2. The van der Waals surface area contributed by atoms with E-state index in [1.54, 1.807) is 32.4 Å². The summed E-state index contributed by atoms with van der Waals surface area (Å²) in [5.74, 6) is 1.14. The van der Waals surface area contributed by atoms with Crippen LogP contribution in [0.15, 0.2) is 36.4 Å². The largest absolute Gasteiger partial charge is 0.493 e. The van der Waals surface area contributed by atoms with Crippen molar-refractivity contribution in [3.63, 3.8) is 0 Å². The van der Waals surface area contributed by atoms with E-state index in [0.29, 0.717) is 40.9 Å². The van der Waals surface area contributed by atoms with Crippen molar-refractivity contribution < 1.29 is 23.8 Å². The van der Waals surface area contributed by atoms with E-state index in [2.05, 4.69) is 10.6 Å². The van der Waals surface area contributed by atoms with Gasteiger partial charge in [-0.2, -0.15) is 0 Å². The Hall–Kier alpha value is -2.93. The number of nitrogens with one attached hydrogen (secondary N) is 2. The highest BCUT2D eigenvalue weighted by Gasteiger charge is 2.29. The zero-order chi connectivity index (χ0) is 20.1. The maximum atomic E-state index is 12.2. The summed E-state index contributed by atoms with van der Waals surface area (Å²) in [5, 5.41) is 6.01. The van der Waals surface area contributed by atoms with Crippen LogP contribution in [0.1, 0.15) is 12.0 Å². The van der Waals surface area contributed by atoms with Gasteiger partial charge in [-0.05, 0) is 42.3 Å². The van der Waals surface area contributed by atoms with Crippen LogP contribution in [0.2, 0.25) is 5.02 Å². The predicted molar refractivity (Wildman–Crippen MR) is 105 cm³/mol. The molecule has 2 amide bonds. The Labute approximate surface area is 167 Å². The van der Waals surface area contributed by atoms with Gasteiger partial charge in [0.2, 0.25) is 5.91 Å². The lowest BCUT2D eigenvalue weighted by Crippen LogP contribution is -2.41. The number of carbonyl (C=O) groups excluding carboxylic acids is 2. The quantitative estimate of drug-likeness (QED) is 0.741. The summed E-state index contributed by atoms with van der Waals surface area (Å²) in [5.41, 5.74) is 1.50. The third-order valence-corrected chi connectivity index (χ3v) is 4.55. The fraction of sp³-hybridized carbons (Fsp3) is 0.300. The first kappa shape index (κ1) is 19.8. The van der Waals surface area contributed by atoms with Gasteiger partial charge in [-0.25, -0.2) is 0 Å². The van der Waals surface area contributed by atoms with Crippen LogP contribution in [0.4, 0.5) is 5.69 Å². The minimum Gasteiger partial charge on any atom is -0.493 e. The van der Waals surface area contributed by atoms with Gasteiger partial charge in [-0.3, -0.25) is 9.59 Å². The minimum atomic E-state index is -0.880. The normalized spacial score (nSPS) is 15.1. The van der Waals surface area contributed by atoms with Crippen LogP contribution < -0.4 is 24.8 Å². The molecule has 0 aliphatic carbocycles. The lowest BCUT2D eigenvalue weighted by Gasteiger charge is -2.25. The van der Waals surface area contributed by atoms with E-state index in [4.69, 9.17) is 25.8 Å². The molecule has 0 saturated carbocycles. The van der Waals surface area contributed by atoms with Crippen LogP contribution >= 0.6 is 11.6 Å². The zero-order valence-electron chi connectivity index (χ0n) is 15.6. The maximum Gasteiger partial charge on any atom is 0.266 e. The molecule has 3 rings (SSSR count). The number of halogens is 1. The molecule has 0 saturated heterocycles. The first-order valence-electron chi connectivity index (χ1n) is 8.75. The Morgan fingerprint density at radius 3 is 2.71 bits per heavy atom. The summed E-state index contributed by atoms with van der Waals surface area (Å²) in [6.45, 7) is 0.425. The van der Waals surface area contributed by atoms with Crippen molar-refractivity contribution in [1.29, 1.82) is 0 Å². The minimum absolute atomic E-state index is 0.0696. The summed E-state index contributed by atoms with van der Waals surface area (Å²) >= 11 is 5.90. The van der Waals surface area contributed by atoms with Crippen LogP contribution in [-0.4, -0.2) is 38.7 Å². The van der Waals surface area contributed by atoms with Gasteiger partial charge in [0.05, 0.1) is 26.3 Å². The fourth-order valence-electron chi connectivity index (χ4n) is 2.88. The van der Waals surface area contributed by atoms with Gasteiger partial charge in [0.1, 0.15) is 5.75 Å². The second-order valence-corrected chi connectivity index (χ2v) is 6.67. The average Bonchev–Trinajstić information content (AvgIpc) is 2.68. The Balaban J connectivity index is 1.51. The molecule has 1 aliphatic heterocycles. The Morgan fingerprint density at radius 2 is 1.96 bits per heavy atom. The van der Waals surface area contributed by atoms with Crippen molar-refractivity contribution in [2.24, 2.45) is 0 Å². The van der Waals surface area contributed by atoms with Gasteiger partial charge in [-0.15, -0.1) is 0 Å². The molecule has 1 atom stereocenters. The average molecular weight is 405 g/mol. The lowest BCUT2D eigenvalue weighted by molar-refractivity contribution is -0.130. The van der Waals surface area contributed by atoms with Crippen molar-refractivity contribution in [1.82, 2.24) is 5.32 Å². The highest BCUT2D eigenvalue weighted by molar-refractivity contribution is 6.31. The molecule has 2 aromatic rings. The second-order valence-electron chi connectivity index (χ2n) is 6.23. The summed E-state index contributed by atoms with van der Waals surface area (Å²) in [4.78, 5) is 24.3. The zero-order valence-corrected chi connectivity index (χ0v) is 16.3. The number of amides is 2. The molecule has 0 spiro atoms. The van der Waals surface area contributed by atoms with Crippen LogP contribution in [0.25, 0.3) is 0 Å². The fourth-order valence-corrected chi connectivity index (χ4v) is 3.05. The summed E-state index contributed by atoms with van der Waals surface area (Å²) in [7, 11) is 3.15. The van der Waals surface area contributed by atoms with Gasteiger partial charge in [0, 0.05) is 11.6 Å². The molecule has 0 fully saturated rings. The number of benzene rings is 2. The van der Waals surface area contributed by atoms with Crippen molar-refractivity contribution in [2.75, 3.05) is 26.1 Å². The molecule has 0 bridgehead atoms. The second kappa shape index (κ2) is 8.84.